The summed E-state index contributed by atoms with van der Waals surface area (Å²) in [5.41, 5.74) is 12.0. The molecule has 118 valence electrons. The fraction of sp³-hybridized carbons (Fsp3) is 0.308. The van der Waals surface area contributed by atoms with Crippen molar-refractivity contribution in [2.45, 2.75) is 18.2 Å². The maximum atomic E-state index is 12.2. The summed E-state index contributed by atoms with van der Waals surface area (Å²) in [6, 6.07) is 2.92. The van der Waals surface area contributed by atoms with Crippen LogP contribution in [0.1, 0.15) is 28.4 Å². The maximum Gasteiger partial charge on any atom is 0.280 e. The Balaban J connectivity index is 2.70. The Labute approximate surface area is 127 Å². The van der Waals surface area contributed by atoms with E-state index in [1.165, 1.54) is 13.2 Å². The summed E-state index contributed by atoms with van der Waals surface area (Å²) < 4.78 is 24.4. The van der Waals surface area contributed by atoms with Crippen molar-refractivity contribution in [3.05, 3.63) is 28.8 Å². The molecule has 8 nitrogen and oxygen atoms in total. The van der Waals surface area contributed by atoms with Gasteiger partial charge in [-0.15, -0.1) is 0 Å². The van der Waals surface area contributed by atoms with Crippen molar-refractivity contribution in [3.63, 3.8) is 0 Å². The lowest BCUT2D eigenvalue weighted by Gasteiger charge is -2.08. The van der Waals surface area contributed by atoms with Gasteiger partial charge in [-0.05, 0) is 24.1 Å². The van der Waals surface area contributed by atoms with Crippen molar-refractivity contribution in [2.75, 3.05) is 12.9 Å². The molecule has 0 spiro atoms. The van der Waals surface area contributed by atoms with E-state index in [0.717, 1.165) is 0 Å². The van der Waals surface area contributed by atoms with Gasteiger partial charge in [0.1, 0.15) is 18.6 Å². The first kappa shape index (κ1) is 16.0. The second-order valence-electron chi connectivity index (χ2n) is 4.68. The molecule has 22 heavy (non-hydrogen) atoms. The Morgan fingerprint density at radius 2 is 2.05 bits per heavy atom. The molecule has 4 N–H and O–H groups in total. The first-order valence-corrected chi connectivity index (χ1v) is 8.09. The smallest absolute Gasteiger partial charge is 0.280 e. The number of amides is 1. The zero-order valence-corrected chi connectivity index (χ0v) is 13.0. The number of aryl methyl sites for hydroxylation is 1. The van der Waals surface area contributed by atoms with E-state index in [4.69, 9.17) is 11.5 Å². The Morgan fingerprint density at radius 3 is 2.59 bits per heavy atom. The third kappa shape index (κ3) is 2.80. The average Bonchev–Trinajstić information content (AvgIpc) is 2.68. The molecule has 1 aliphatic rings. The van der Waals surface area contributed by atoms with Crippen molar-refractivity contribution in [2.24, 2.45) is 21.6 Å². The first-order valence-electron chi connectivity index (χ1n) is 6.44. The molecule has 0 atom stereocenters. The number of oxime groups is 1. The normalized spacial score (nSPS) is 17.1. The van der Waals surface area contributed by atoms with Gasteiger partial charge in [0.15, 0.2) is 15.8 Å². The van der Waals surface area contributed by atoms with E-state index in [2.05, 4.69) is 15.0 Å². The number of aliphatic imine (C=N–C) groups is 1. The molecule has 0 bridgehead atoms. The zero-order valence-electron chi connectivity index (χ0n) is 12.2. The van der Waals surface area contributed by atoms with Gasteiger partial charge in [-0.2, -0.15) is 4.99 Å². The number of sulfone groups is 1. The molecular formula is C13H16N4O4S. The minimum Gasteiger partial charge on any atom is -0.399 e. The van der Waals surface area contributed by atoms with Crippen LogP contribution in [0.3, 0.4) is 0 Å². The van der Waals surface area contributed by atoms with Crippen LogP contribution in [0.4, 0.5) is 0 Å². The van der Waals surface area contributed by atoms with Gasteiger partial charge in [0.25, 0.3) is 5.91 Å². The van der Waals surface area contributed by atoms with Gasteiger partial charge in [0.2, 0.25) is 0 Å². The van der Waals surface area contributed by atoms with Gasteiger partial charge >= 0.3 is 0 Å². The molecule has 0 radical (unpaired) electrons. The lowest BCUT2D eigenvalue weighted by Crippen LogP contribution is -2.24. The summed E-state index contributed by atoms with van der Waals surface area (Å²) >= 11 is 0. The lowest BCUT2D eigenvalue weighted by atomic mass is 9.99. The molecule has 0 unspecified atom stereocenters. The number of benzene rings is 1. The number of nitrogens with zero attached hydrogens (tertiary/aromatic N) is 2. The van der Waals surface area contributed by atoms with E-state index in [0.29, 0.717) is 23.3 Å². The van der Waals surface area contributed by atoms with Crippen LogP contribution in [-0.4, -0.2) is 38.9 Å². The summed E-state index contributed by atoms with van der Waals surface area (Å²) in [7, 11) is -2.22. The number of rotatable bonds is 3. The number of guanidine groups is 1. The van der Waals surface area contributed by atoms with Gasteiger partial charge in [-0.3, -0.25) is 4.79 Å². The fourth-order valence-corrected chi connectivity index (χ4v) is 3.83. The average molecular weight is 324 g/mol. The van der Waals surface area contributed by atoms with Gasteiger partial charge in [0.05, 0.1) is 4.90 Å². The highest BCUT2D eigenvalue weighted by atomic mass is 32.2. The largest absolute Gasteiger partial charge is 0.399 e. The summed E-state index contributed by atoms with van der Waals surface area (Å²) in [6.45, 7) is 1.84. The highest BCUT2D eigenvalue weighted by Gasteiger charge is 2.34. The van der Waals surface area contributed by atoms with Crippen LogP contribution in [0.25, 0.3) is 0 Å². The summed E-state index contributed by atoms with van der Waals surface area (Å²) in [5, 5.41) is 3.74. The number of carbonyl (C=O) groups is 1. The van der Waals surface area contributed by atoms with Gasteiger partial charge in [-0.1, -0.05) is 12.1 Å². The standard InChI is InChI=1S/C13H16N4O4S/c1-3-7-4-9-10(17-21-2)6-22(19,20)11(9)5-8(7)12(18)16-13(14)15/h4-5H,3,6H2,1-2H3,(H4,14,15,16,18)/b17-10+. The molecule has 1 amide bonds. The molecule has 0 aliphatic carbocycles. The van der Waals surface area contributed by atoms with E-state index in [1.807, 2.05) is 6.92 Å². The highest BCUT2D eigenvalue weighted by Crippen LogP contribution is 2.30. The number of hydrogen-bond donors (Lipinski definition) is 2. The second-order valence-corrected chi connectivity index (χ2v) is 6.64. The molecular weight excluding hydrogens is 308 g/mol. The Morgan fingerprint density at radius 1 is 1.36 bits per heavy atom. The van der Waals surface area contributed by atoms with Gasteiger partial charge in [-0.25, -0.2) is 8.42 Å². The highest BCUT2D eigenvalue weighted by molar-refractivity contribution is 7.92. The van der Waals surface area contributed by atoms with Crippen molar-refractivity contribution < 1.29 is 18.0 Å². The van der Waals surface area contributed by atoms with E-state index in [9.17, 15) is 13.2 Å². The van der Waals surface area contributed by atoms with E-state index in [1.54, 1.807) is 6.07 Å². The molecule has 1 aromatic carbocycles. The Kier molecular flexibility index (Phi) is 4.18. The van der Waals surface area contributed by atoms with Crippen molar-refractivity contribution >= 4 is 27.4 Å². The summed E-state index contributed by atoms with van der Waals surface area (Å²) in [4.78, 5) is 20.2. The van der Waals surface area contributed by atoms with Crippen LogP contribution in [0, 0.1) is 0 Å². The number of nitrogens with two attached hydrogens (primary N) is 2. The molecule has 2 rings (SSSR count). The molecule has 1 aromatic rings. The monoisotopic (exact) mass is 324 g/mol. The quantitative estimate of drug-likeness (QED) is 0.449. The number of carbonyl (C=O) groups excluding carboxylic acids is 1. The molecule has 0 aromatic heterocycles. The second kappa shape index (κ2) is 5.76. The lowest BCUT2D eigenvalue weighted by molar-refractivity contribution is 0.100. The topological polar surface area (TPSA) is 137 Å². The minimum absolute atomic E-state index is 0.0367. The molecule has 1 heterocycles. The van der Waals surface area contributed by atoms with Crippen molar-refractivity contribution in [1.29, 1.82) is 0 Å². The minimum atomic E-state index is -3.56. The maximum absolute atomic E-state index is 12.2. The van der Waals surface area contributed by atoms with Crippen LogP contribution < -0.4 is 11.5 Å². The first-order chi connectivity index (χ1) is 10.3. The third-order valence-electron chi connectivity index (χ3n) is 3.22. The van der Waals surface area contributed by atoms with Gasteiger partial charge in [0, 0.05) is 11.1 Å². The van der Waals surface area contributed by atoms with Crippen molar-refractivity contribution in [1.82, 2.24) is 0 Å². The Hall–Kier alpha value is -2.42. The van der Waals surface area contributed by atoms with E-state index in [-0.39, 0.29) is 22.2 Å². The van der Waals surface area contributed by atoms with Crippen LogP contribution in [0.15, 0.2) is 27.2 Å². The number of hydrogen-bond acceptors (Lipinski definition) is 5. The molecule has 0 saturated carbocycles. The van der Waals surface area contributed by atoms with Crippen molar-refractivity contribution in [3.8, 4) is 0 Å². The van der Waals surface area contributed by atoms with Gasteiger partial charge < -0.3 is 16.3 Å². The van der Waals surface area contributed by atoms with Crippen LogP contribution >= 0.6 is 0 Å². The van der Waals surface area contributed by atoms with Crippen LogP contribution in [0.2, 0.25) is 0 Å². The molecule has 1 aliphatic heterocycles. The van der Waals surface area contributed by atoms with E-state index < -0.39 is 15.7 Å². The molecule has 0 fully saturated rings. The van der Waals surface area contributed by atoms with Crippen LogP contribution in [0.5, 0.6) is 0 Å². The molecule has 0 saturated heterocycles. The molecule has 9 heteroatoms. The summed E-state index contributed by atoms with van der Waals surface area (Å²) in [6.07, 6.45) is 0.509. The predicted molar refractivity (Wildman–Crippen MR) is 81.6 cm³/mol. The SMILES string of the molecule is CCc1cc2c(cc1C(=O)N=C(N)N)S(=O)(=O)C/C2=N\OC. The number of fused-ring (bicyclic) bond motifs is 1. The van der Waals surface area contributed by atoms with Crippen LogP contribution in [-0.2, 0) is 21.1 Å². The zero-order chi connectivity index (χ0) is 16.5. The third-order valence-corrected chi connectivity index (χ3v) is 4.88. The van der Waals surface area contributed by atoms with E-state index >= 15 is 0 Å². The predicted octanol–water partition coefficient (Wildman–Crippen LogP) is -0.200. The Bertz CT molecular complexity index is 793. The summed E-state index contributed by atoms with van der Waals surface area (Å²) in [5.74, 6) is -1.32. The fourth-order valence-electron chi connectivity index (χ4n) is 2.30.